The number of rotatable bonds is 3. The normalized spacial score (nSPS) is 14.1. The molecule has 2 aromatic carbocycles. The van der Waals surface area contributed by atoms with Crippen LogP contribution in [0, 0.1) is 0 Å². The number of halogens is 3. The van der Waals surface area contributed by atoms with Gasteiger partial charge in [0.15, 0.2) is 0 Å². The molecular weight excluding hydrogens is 357 g/mol. The number of benzene rings is 2. The fourth-order valence-electron chi connectivity index (χ4n) is 2.96. The van der Waals surface area contributed by atoms with Crippen molar-refractivity contribution in [3.8, 4) is 11.5 Å². The molecule has 0 saturated heterocycles. The minimum atomic E-state index is -4.37. The Hall–Kier alpha value is -2.70. The second-order valence-corrected chi connectivity index (χ2v) is 6.83. The number of nitrogens with one attached hydrogen (secondary N) is 1. The molecule has 2 aromatic rings. The van der Waals surface area contributed by atoms with Crippen molar-refractivity contribution in [2.24, 2.45) is 0 Å². The van der Waals surface area contributed by atoms with Crippen LogP contribution in [0.3, 0.4) is 0 Å². The summed E-state index contributed by atoms with van der Waals surface area (Å²) >= 11 is 0. The molecule has 7 heteroatoms. The third-order valence-electron chi connectivity index (χ3n) is 4.31. The number of fused-ring (bicyclic) bond motifs is 1. The zero-order chi connectivity index (χ0) is 19.6. The zero-order valence-corrected chi connectivity index (χ0v) is 15.1. The molecule has 0 radical (unpaired) electrons. The van der Waals surface area contributed by atoms with Crippen molar-refractivity contribution in [1.82, 2.24) is 10.2 Å². The highest BCUT2D eigenvalue weighted by Crippen LogP contribution is 2.32. The average Bonchev–Trinajstić information content (AvgIpc) is 2.60. The second kappa shape index (κ2) is 7.50. The van der Waals surface area contributed by atoms with Crippen LogP contribution in [0.25, 0.3) is 0 Å². The molecule has 0 saturated carbocycles. The van der Waals surface area contributed by atoms with Gasteiger partial charge in [0.05, 0.1) is 5.56 Å². The summed E-state index contributed by atoms with van der Waals surface area (Å²) in [4.78, 5) is 13.9. The van der Waals surface area contributed by atoms with Crippen LogP contribution in [0.5, 0.6) is 11.5 Å². The Morgan fingerprint density at radius 2 is 1.74 bits per heavy atom. The van der Waals surface area contributed by atoms with Crippen molar-refractivity contribution < 1.29 is 22.7 Å². The van der Waals surface area contributed by atoms with E-state index in [4.69, 9.17) is 4.74 Å². The maximum Gasteiger partial charge on any atom is 0.416 e. The summed E-state index contributed by atoms with van der Waals surface area (Å²) in [5.74, 6) is 0.854. The zero-order valence-electron chi connectivity index (χ0n) is 15.1. The first-order valence-corrected chi connectivity index (χ1v) is 8.75. The van der Waals surface area contributed by atoms with Crippen LogP contribution < -0.4 is 10.1 Å². The number of hydrogen-bond donors (Lipinski definition) is 1. The van der Waals surface area contributed by atoms with Gasteiger partial charge >= 0.3 is 12.2 Å². The van der Waals surface area contributed by atoms with Crippen molar-refractivity contribution in [2.75, 3.05) is 6.54 Å². The fourth-order valence-corrected chi connectivity index (χ4v) is 2.96. The van der Waals surface area contributed by atoms with Crippen molar-refractivity contribution in [3.05, 3.63) is 59.2 Å². The fraction of sp³-hybridized carbons (Fsp3) is 0.350. The van der Waals surface area contributed by atoms with E-state index >= 15 is 0 Å². The maximum atomic E-state index is 12.6. The number of carbonyl (C=O) groups is 1. The summed E-state index contributed by atoms with van der Waals surface area (Å²) in [6.07, 6.45) is -3.62. The van der Waals surface area contributed by atoms with Gasteiger partial charge in [-0.3, -0.25) is 0 Å². The number of carbonyl (C=O) groups excluding carboxylic acids is 1. The topological polar surface area (TPSA) is 41.6 Å². The molecule has 0 aromatic heterocycles. The van der Waals surface area contributed by atoms with Crippen LogP contribution >= 0.6 is 0 Å². The highest BCUT2D eigenvalue weighted by molar-refractivity contribution is 5.74. The summed E-state index contributed by atoms with van der Waals surface area (Å²) in [6.45, 7) is 4.93. The van der Waals surface area contributed by atoms with Gasteiger partial charge in [0.25, 0.3) is 0 Å². The molecule has 0 unspecified atom stereocenters. The minimum Gasteiger partial charge on any atom is -0.457 e. The lowest BCUT2D eigenvalue weighted by molar-refractivity contribution is -0.137. The van der Waals surface area contributed by atoms with Gasteiger partial charge in [-0.05, 0) is 67.8 Å². The molecule has 3 rings (SSSR count). The van der Waals surface area contributed by atoms with Crippen molar-refractivity contribution in [2.45, 2.75) is 39.0 Å². The van der Waals surface area contributed by atoms with Crippen molar-refractivity contribution in [1.29, 1.82) is 0 Å². The highest BCUT2D eigenvalue weighted by Gasteiger charge is 2.30. The van der Waals surface area contributed by atoms with Gasteiger partial charge in [-0.25, -0.2) is 4.79 Å². The number of urea groups is 1. The van der Waals surface area contributed by atoms with E-state index in [0.29, 0.717) is 24.6 Å². The quantitative estimate of drug-likeness (QED) is 0.819. The second-order valence-electron chi connectivity index (χ2n) is 6.83. The van der Waals surface area contributed by atoms with Crippen LogP contribution in [0.15, 0.2) is 42.5 Å². The molecule has 1 heterocycles. The van der Waals surface area contributed by atoms with Crippen LogP contribution in [0.4, 0.5) is 18.0 Å². The minimum absolute atomic E-state index is 0.0632. The SMILES string of the molecule is CC(C)NC(=O)N1CCc2ccc(Oc3ccc(C(F)(F)F)cc3)cc2C1. The number of alkyl halides is 3. The van der Waals surface area contributed by atoms with Gasteiger partial charge in [-0.15, -0.1) is 0 Å². The summed E-state index contributed by atoms with van der Waals surface area (Å²) in [5.41, 5.74) is 1.40. The molecule has 27 heavy (non-hydrogen) atoms. The van der Waals surface area contributed by atoms with E-state index in [9.17, 15) is 18.0 Å². The molecule has 0 bridgehead atoms. The Balaban J connectivity index is 1.72. The lowest BCUT2D eigenvalue weighted by Gasteiger charge is -2.30. The average molecular weight is 378 g/mol. The third kappa shape index (κ3) is 4.72. The Labute approximate surface area is 155 Å². The maximum absolute atomic E-state index is 12.6. The standard InChI is InChI=1S/C20H21F3N2O2/c1-13(2)24-19(26)25-10-9-14-3-6-18(11-15(14)12-25)27-17-7-4-16(5-8-17)20(21,22)23/h3-8,11,13H,9-10,12H2,1-2H3,(H,24,26). The highest BCUT2D eigenvalue weighted by atomic mass is 19.4. The van der Waals surface area contributed by atoms with Gasteiger partial charge in [0.2, 0.25) is 0 Å². The van der Waals surface area contributed by atoms with Gasteiger partial charge < -0.3 is 15.0 Å². The van der Waals surface area contributed by atoms with Crippen molar-refractivity contribution >= 4 is 6.03 Å². The predicted octanol–water partition coefficient (Wildman–Crippen LogP) is 4.97. The largest absolute Gasteiger partial charge is 0.457 e. The van der Waals surface area contributed by atoms with E-state index in [1.807, 2.05) is 26.0 Å². The van der Waals surface area contributed by atoms with Crippen LogP contribution in [-0.4, -0.2) is 23.5 Å². The molecule has 1 aliphatic rings. The summed E-state index contributed by atoms with van der Waals surface area (Å²) in [7, 11) is 0. The van der Waals surface area contributed by atoms with Crippen LogP contribution in [0.1, 0.15) is 30.5 Å². The van der Waals surface area contributed by atoms with Gasteiger partial charge in [-0.2, -0.15) is 13.2 Å². The Morgan fingerprint density at radius 3 is 2.37 bits per heavy atom. The molecule has 1 aliphatic heterocycles. The lowest BCUT2D eigenvalue weighted by atomic mass is 9.99. The summed E-state index contributed by atoms with van der Waals surface area (Å²) in [6, 6.07) is 10.1. The first-order chi connectivity index (χ1) is 12.7. The van der Waals surface area contributed by atoms with Gasteiger partial charge in [0.1, 0.15) is 11.5 Å². The van der Waals surface area contributed by atoms with E-state index in [2.05, 4.69) is 5.32 Å². The molecule has 1 N–H and O–H groups in total. The number of amides is 2. The molecule has 144 valence electrons. The third-order valence-corrected chi connectivity index (χ3v) is 4.31. The van der Waals surface area contributed by atoms with E-state index in [1.54, 1.807) is 11.0 Å². The molecule has 2 amide bonds. The van der Waals surface area contributed by atoms with Gasteiger partial charge in [-0.1, -0.05) is 6.07 Å². The van der Waals surface area contributed by atoms with E-state index < -0.39 is 11.7 Å². The van der Waals surface area contributed by atoms with E-state index in [1.165, 1.54) is 12.1 Å². The monoisotopic (exact) mass is 378 g/mol. The lowest BCUT2D eigenvalue weighted by Crippen LogP contribution is -2.45. The Morgan fingerprint density at radius 1 is 1.07 bits per heavy atom. The molecule has 0 spiro atoms. The number of nitrogens with zero attached hydrogens (tertiary/aromatic N) is 1. The predicted molar refractivity (Wildman–Crippen MR) is 95.7 cm³/mol. The van der Waals surface area contributed by atoms with E-state index in [-0.39, 0.29) is 12.1 Å². The van der Waals surface area contributed by atoms with Crippen LogP contribution in [0.2, 0.25) is 0 Å². The van der Waals surface area contributed by atoms with Crippen LogP contribution in [-0.2, 0) is 19.1 Å². The Bertz CT molecular complexity index is 817. The first-order valence-electron chi connectivity index (χ1n) is 8.75. The molecule has 0 fully saturated rings. The molecule has 0 atom stereocenters. The van der Waals surface area contributed by atoms with Gasteiger partial charge in [0, 0.05) is 19.1 Å². The number of hydrogen-bond acceptors (Lipinski definition) is 2. The van der Waals surface area contributed by atoms with Crippen molar-refractivity contribution in [3.63, 3.8) is 0 Å². The summed E-state index contributed by atoms with van der Waals surface area (Å²) in [5, 5.41) is 2.88. The number of ether oxygens (including phenoxy) is 1. The Kier molecular flexibility index (Phi) is 5.30. The first kappa shape index (κ1) is 19.1. The molecule has 4 nitrogen and oxygen atoms in total. The van der Waals surface area contributed by atoms with E-state index in [0.717, 1.165) is 29.7 Å². The molecular formula is C20H21F3N2O2. The smallest absolute Gasteiger partial charge is 0.416 e. The summed E-state index contributed by atoms with van der Waals surface area (Å²) < 4.78 is 43.6. The molecule has 0 aliphatic carbocycles.